The van der Waals surface area contributed by atoms with Gasteiger partial charge in [-0.05, 0) is 36.8 Å². The quantitative estimate of drug-likeness (QED) is 0.568. The number of rotatable bonds is 3. The van der Waals surface area contributed by atoms with Crippen LogP contribution in [0.3, 0.4) is 0 Å². The molecule has 4 heterocycles. The molecule has 0 aliphatic heterocycles. The molecular weight excluding hydrogens is 332 g/mol. The first kappa shape index (κ1) is 15.4. The van der Waals surface area contributed by atoms with Crippen LogP contribution in [-0.4, -0.2) is 19.4 Å². The van der Waals surface area contributed by atoms with Crippen molar-refractivity contribution in [2.75, 3.05) is 0 Å². The monoisotopic (exact) mass is 346 g/mol. The lowest BCUT2D eigenvalue weighted by Gasteiger charge is -2.04. The number of pyridine rings is 2. The van der Waals surface area contributed by atoms with E-state index in [1.54, 1.807) is 36.1 Å². The van der Waals surface area contributed by atoms with Crippen molar-refractivity contribution in [2.45, 2.75) is 6.92 Å². The lowest BCUT2D eigenvalue weighted by Crippen LogP contribution is -2.18. The Kier molecular flexibility index (Phi) is 3.95. The number of aromatic nitrogens is 4. The minimum absolute atomic E-state index is 0.0593. The molecule has 4 rings (SSSR count). The average Bonchev–Trinajstić information content (AvgIpc) is 3.09. The maximum atomic E-state index is 12.9. The van der Waals surface area contributed by atoms with Crippen molar-refractivity contribution in [1.29, 1.82) is 0 Å². The average molecular weight is 346 g/mol. The standard InChI is InChI=1S/C19H14N4OS/c1-13-16(7-6-14-4-2-8-20-10-14)22-19-23(18(13)24)17(12-25-19)15-5-3-9-21-11-15/h2-12H,1H3. The Bertz CT molecular complexity index is 1110. The van der Waals surface area contributed by atoms with Gasteiger partial charge in [0.15, 0.2) is 4.96 Å². The number of nitrogens with zero attached hydrogens (tertiary/aromatic N) is 4. The Morgan fingerprint density at radius 3 is 2.60 bits per heavy atom. The molecule has 0 atom stereocenters. The summed E-state index contributed by atoms with van der Waals surface area (Å²) < 4.78 is 1.65. The summed E-state index contributed by atoms with van der Waals surface area (Å²) in [5, 5.41) is 1.94. The second-order valence-corrected chi connectivity index (χ2v) is 6.36. The molecule has 4 aromatic heterocycles. The first-order valence-electron chi connectivity index (χ1n) is 7.73. The van der Waals surface area contributed by atoms with E-state index in [2.05, 4.69) is 15.0 Å². The van der Waals surface area contributed by atoms with E-state index < -0.39 is 0 Å². The van der Waals surface area contributed by atoms with Crippen LogP contribution in [0.15, 0.2) is 59.2 Å². The molecular formula is C19H14N4OS. The van der Waals surface area contributed by atoms with E-state index in [0.717, 1.165) is 16.8 Å². The summed E-state index contributed by atoms with van der Waals surface area (Å²) in [6.07, 6.45) is 10.7. The van der Waals surface area contributed by atoms with Gasteiger partial charge in [-0.15, -0.1) is 11.3 Å². The third-order valence-corrected chi connectivity index (χ3v) is 4.73. The predicted molar refractivity (Wildman–Crippen MR) is 100 cm³/mol. The van der Waals surface area contributed by atoms with Crippen LogP contribution in [0.4, 0.5) is 0 Å². The minimum Gasteiger partial charge on any atom is -0.269 e. The summed E-state index contributed by atoms with van der Waals surface area (Å²) in [4.78, 5) is 26.4. The van der Waals surface area contributed by atoms with E-state index in [9.17, 15) is 4.79 Å². The smallest absolute Gasteiger partial charge is 0.262 e. The molecule has 0 aliphatic carbocycles. The van der Waals surface area contributed by atoms with E-state index >= 15 is 0 Å². The fraction of sp³-hybridized carbons (Fsp3) is 0.0526. The maximum Gasteiger partial charge on any atom is 0.262 e. The van der Waals surface area contributed by atoms with Crippen LogP contribution < -0.4 is 5.56 Å². The second-order valence-electron chi connectivity index (χ2n) is 5.53. The van der Waals surface area contributed by atoms with E-state index in [1.165, 1.54) is 11.3 Å². The fourth-order valence-corrected chi connectivity index (χ4v) is 3.47. The topological polar surface area (TPSA) is 60.1 Å². The molecule has 0 unspecified atom stereocenters. The zero-order chi connectivity index (χ0) is 17.2. The van der Waals surface area contributed by atoms with E-state index in [1.807, 2.05) is 41.8 Å². The fourth-order valence-electron chi connectivity index (χ4n) is 2.58. The Balaban J connectivity index is 1.84. The van der Waals surface area contributed by atoms with Gasteiger partial charge in [0.1, 0.15) is 0 Å². The van der Waals surface area contributed by atoms with Gasteiger partial charge in [0, 0.05) is 41.3 Å². The zero-order valence-electron chi connectivity index (χ0n) is 13.5. The Morgan fingerprint density at radius 1 is 1.08 bits per heavy atom. The van der Waals surface area contributed by atoms with Crippen LogP contribution >= 0.6 is 11.3 Å². The number of hydrogen-bond donors (Lipinski definition) is 0. The van der Waals surface area contributed by atoms with Gasteiger partial charge in [-0.3, -0.25) is 19.2 Å². The lowest BCUT2D eigenvalue weighted by atomic mass is 10.2. The molecule has 5 nitrogen and oxygen atoms in total. The highest BCUT2D eigenvalue weighted by Crippen LogP contribution is 2.24. The van der Waals surface area contributed by atoms with Gasteiger partial charge in [-0.1, -0.05) is 12.1 Å². The molecule has 0 saturated carbocycles. The van der Waals surface area contributed by atoms with Gasteiger partial charge in [0.25, 0.3) is 5.56 Å². The van der Waals surface area contributed by atoms with Crippen LogP contribution in [0.2, 0.25) is 0 Å². The SMILES string of the molecule is Cc1c(C=Cc2cccnc2)nc2scc(-c3cccnc3)n2c1=O. The van der Waals surface area contributed by atoms with Crippen molar-refractivity contribution in [3.8, 4) is 11.3 Å². The van der Waals surface area contributed by atoms with Crippen molar-refractivity contribution in [2.24, 2.45) is 0 Å². The third-order valence-electron chi connectivity index (χ3n) is 3.91. The van der Waals surface area contributed by atoms with E-state index in [0.29, 0.717) is 16.2 Å². The largest absolute Gasteiger partial charge is 0.269 e. The van der Waals surface area contributed by atoms with E-state index in [4.69, 9.17) is 0 Å². The molecule has 0 spiro atoms. The van der Waals surface area contributed by atoms with Gasteiger partial charge in [-0.2, -0.15) is 0 Å². The van der Waals surface area contributed by atoms with Crippen LogP contribution in [0.25, 0.3) is 28.4 Å². The number of hydrogen-bond acceptors (Lipinski definition) is 5. The molecule has 0 saturated heterocycles. The third kappa shape index (κ3) is 2.88. The van der Waals surface area contributed by atoms with Crippen LogP contribution in [0.1, 0.15) is 16.8 Å². The molecule has 6 heteroatoms. The highest BCUT2D eigenvalue weighted by Gasteiger charge is 2.13. The predicted octanol–water partition coefficient (Wildman–Crippen LogP) is 3.69. The summed E-state index contributed by atoms with van der Waals surface area (Å²) in [6, 6.07) is 7.62. The highest BCUT2D eigenvalue weighted by molar-refractivity contribution is 7.15. The van der Waals surface area contributed by atoms with Crippen molar-refractivity contribution < 1.29 is 0 Å². The molecule has 122 valence electrons. The Hall–Kier alpha value is -3.12. The van der Waals surface area contributed by atoms with Crippen LogP contribution in [0, 0.1) is 6.92 Å². The van der Waals surface area contributed by atoms with Crippen molar-refractivity contribution in [3.63, 3.8) is 0 Å². The van der Waals surface area contributed by atoms with Crippen LogP contribution in [-0.2, 0) is 0 Å². The van der Waals surface area contributed by atoms with Gasteiger partial charge in [-0.25, -0.2) is 4.98 Å². The molecule has 0 aliphatic rings. The molecule has 0 aromatic carbocycles. The second kappa shape index (κ2) is 6.41. The molecule has 4 aromatic rings. The highest BCUT2D eigenvalue weighted by atomic mass is 32.1. The first-order valence-corrected chi connectivity index (χ1v) is 8.61. The number of fused-ring (bicyclic) bond motifs is 1. The lowest BCUT2D eigenvalue weighted by molar-refractivity contribution is 1.04. The molecule has 25 heavy (non-hydrogen) atoms. The summed E-state index contributed by atoms with van der Waals surface area (Å²) in [6.45, 7) is 1.80. The summed E-state index contributed by atoms with van der Waals surface area (Å²) in [5.74, 6) is 0. The van der Waals surface area contributed by atoms with Crippen molar-refractivity contribution >= 4 is 28.4 Å². The van der Waals surface area contributed by atoms with Gasteiger partial charge in [0.05, 0.1) is 11.4 Å². The molecule has 0 N–H and O–H groups in total. The summed E-state index contributed by atoms with van der Waals surface area (Å²) in [5.41, 5.74) is 3.91. The molecule has 0 amide bonds. The summed E-state index contributed by atoms with van der Waals surface area (Å²) in [7, 11) is 0. The normalized spacial score (nSPS) is 11.4. The number of thiazole rings is 1. The first-order chi connectivity index (χ1) is 12.2. The molecule has 0 bridgehead atoms. The zero-order valence-corrected chi connectivity index (χ0v) is 14.3. The van der Waals surface area contributed by atoms with Gasteiger partial charge in [0.2, 0.25) is 0 Å². The Labute approximate surface area is 148 Å². The summed E-state index contributed by atoms with van der Waals surface area (Å²) >= 11 is 1.45. The van der Waals surface area contributed by atoms with Gasteiger partial charge < -0.3 is 0 Å². The minimum atomic E-state index is -0.0593. The van der Waals surface area contributed by atoms with Crippen LogP contribution in [0.5, 0.6) is 0 Å². The van der Waals surface area contributed by atoms with Crippen molar-refractivity contribution in [3.05, 3.63) is 81.6 Å². The van der Waals surface area contributed by atoms with E-state index in [-0.39, 0.29) is 5.56 Å². The maximum absolute atomic E-state index is 12.9. The van der Waals surface area contributed by atoms with Crippen molar-refractivity contribution in [1.82, 2.24) is 19.4 Å². The van der Waals surface area contributed by atoms with Gasteiger partial charge >= 0.3 is 0 Å². The Morgan fingerprint density at radius 2 is 1.88 bits per heavy atom. The molecule has 0 radical (unpaired) electrons. The molecule has 0 fully saturated rings.